The molecule has 2 fully saturated rings. The first kappa shape index (κ1) is 20.9. The van der Waals surface area contributed by atoms with Crippen LogP contribution >= 0.6 is 0 Å². The van der Waals surface area contributed by atoms with Crippen LogP contribution < -0.4 is 0 Å². The van der Waals surface area contributed by atoms with E-state index >= 15 is 0 Å². The van der Waals surface area contributed by atoms with Crippen molar-refractivity contribution in [3.05, 3.63) is 12.2 Å². The van der Waals surface area contributed by atoms with Gasteiger partial charge in [-0.3, -0.25) is 0 Å². The molecule has 0 saturated heterocycles. The molecule has 0 spiro atoms. The van der Waals surface area contributed by atoms with Gasteiger partial charge in [-0.25, -0.2) is 0 Å². The van der Waals surface area contributed by atoms with Crippen LogP contribution in [-0.2, 0) is 0 Å². The number of allylic oxidation sites excluding steroid dienone is 1. The summed E-state index contributed by atoms with van der Waals surface area (Å²) in [6.07, 6.45) is 20.9. The Bertz CT molecular complexity index is 356. The molecule has 0 aromatic heterocycles. The lowest BCUT2D eigenvalue weighted by molar-refractivity contribution is 0.140. The highest BCUT2D eigenvalue weighted by Gasteiger charge is 2.30. The summed E-state index contributed by atoms with van der Waals surface area (Å²) in [6.45, 7) is 2.29. The fourth-order valence-corrected chi connectivity index (χ4v) is 5.36. The molecule has 2 rings (SSSR count). The van der Waals surface area contributed by atoms with Gasteiger partial charge in [0.25, 0.3) is 6.08 Å². The van der Waals surface area contributed by atoms with Crippen molar-refractivity contribution in [3.8, 4) is 0 Å². The predicted octanol–water partition coefficient (Wildman–Crippen LogP) is 8.52. The van der Waals surface area contributed by atoms with E-state index in [0.717, 1.165) is 30.3 Å². The van der Waals surface area contributed by atoms with Gasteiger partial charge in [0.2, 0.25) is 0 Å². The first-order chi connectivity index (χ1) is 12.2. The molecule has 0 radical (unpaired) electrons. The summed E-state index contributed by atoms with van der Waals surface area (Å²) in [6, 6.07) is 0. The Morgan fingerprint density at radius 3 is 1.76 bits per heavy atom. The summed E-state index contributed by atoms with van der Waals surface area (Å²) < 4.78 is 24.2. The second-order valence-corrected chi connectivity index (χ2v) is 8.84. The average molecular weight is 355 g/mol. The van der Waals surface area contributed by atoms with Gasteiger partial charge in [0, 0.05) is 0 Å². The number of hydrogen-bond donors (Lipinski definition) is 0. The van der Waals surface area contributed by atoms with E-state index in [9.17, 15) is 8.78 Å². The maximum atomic E-state index is 12.1. The number of hydrogen-bond acceptors (Lipinski definition) is 0. The van der Waals surface area contributed by atoms with Gasteiger partial charge in [-0.05, 0) is 68.3 Å². The zero-order valence-electron chi connectivity index (χ0n) is 16.5. The molecule has 2 aliphatic rings. The monoisotopic (exact) mass is 354 g/mol. The topological polar surface area (TPSA) is 0 Å². The van der Waals surface area contributed by atoms with Gasteiger partial charge in [-0.2, -0.15) is 8.78 Å². The van der Waals surface area contributed by atoms with Crippen molar-refractivity contribution in [1.29, 1.82) is 0 Å². The Hall–Kier alpha value is -0.400. The highest BCUT2D eigenvalue weighted by molar-refractivity contribution is 4.85. The molecule has 2 saturated carbocycles. The second-order valence-electron chi connectivity index (χ2n) is 8.84. The van der Waals surface area contributed by atoms with E-state index < -0.39 is 6.08 Å². The summed E-state index contributed by atoms with van der Waals surface area (Å²) in [5, 5.41) is 0. The SMILES string of the molecule is CCCCCCCC1CCC(C2CCC(CCC=C(F)F)CC2)CC1. The molecule has 25 heavy (non-hydrogen) atoms. The number of rotatable bonds is 10. The average Bonchev–Trinajstić information content (AvgIpc) is 2.62. The Balaban J connectivity index is 1.55. The molecule has 0 atom stereocenters. The standard InChI is InChI=1S/C23H40F2/c1-2-3-4-5-6-8-19-11-15-21(16-12-19)22-17-13-20(14-18-22)9-7-10-23(24)25/h10,19-22H,2-9,11-18H2,1H3. The third kappa shape index (κ3) is 8.22. The summed E-state index contributed by atoms with van der Waals surface area (Å²) in [7, 11) is 0. The van der Waals surface area contributed by atoms with Crippen molar-refractivity contribution < 1.29 is 8.78 Å². The molecule has 0 aromatic rings. The lowest BCUT2D eigenvalue weighted by Gasteiger charge is -2.38. The maximum absolute atomic E-state index is 12.1. The van der Waals surface area contributed by atoms with Gasteiger partial charge in [-0.15, -0.1) is 0 Å². The Morgan fingerprint density at radius 2 is 1.24 bits per heavy atom. The normalized spacial score (nSPS) is 30.2. The van der Waals surface area contributed by atoms with Gasteiger partial charge in [0.1, 0.15) is 0 Å². The molecule has 0 aromatic carbocycles. The smallest absolute Gasteiger partial charge is 0.174 e. The van der Waals surface area contributed by atoms with E-state index in [2.05, 4.69) is 6.92 Å². The first-order valence-corrected chi connectivity index (χ1v) is 11.2. The molecule has 146 valence electrons. The summed E-state index contributed by atoms with van der Waals surface area (Å²) in [5.41, 5.74) is 0. The van der Waals surface area contributed by atoms with Crippen LogP contribution in [0.1, 0.15) is 110 Å². The van der Waals surface area contributed by atoms with Crippen LogP contribution in [0.2, 0.25) is 0 Å². The van der Waals surface area contributed by atoms with Gasteiger partial charge in [0.05, 0.1) is 0 Å². The highest BCUT2D eigenvalue weighted by atomic mass is 19.3. The lowest BCUT2D eigenvalue weighted by atomic mass is 9.68. The van der Waals surface area contributed by atoms with Crippen LogP contribution in [0.15, 0.2) is 12.2 Å². The molecule has 0 heterocycles. The summed E-state index contributed by atoms with van der Waals surface area (Å²) in [5.74, 6) is 3.62. The van der Waals surface area contributed by atoms with Crippen LogP contribution in [0.25, 0.3) is 0 Å². The molecular formula is C23H40F2. The van der Waals surface area contributed by atoms with E-state index in [-0.39, 0.29) is 0 Å². The predicted molar refractivity (Wildman–Crippen MR) is 104 cm³/mol. The largest absolute Gasteiger partial charge is 0.266 e. The minimum absolute atomic E-state index is 0.570. The van der Waals surface area contributed by atoms with Crippen LogP contribution in [0, 0.1) is 23.7 Å². The lowest BCUT2D eigenvalue weighted by Crippen LogP contribution is -2.25. The van der Waals surface area contributed by atoms with Crippen molar-refractivity contribution in [2.45, 2.75) is 110 Å². The Kier molecular flexibility index (Phi) is 10.1. The van der Waals surface area contributed by atoms with Gasteiger partial charge >= 0.3 is 0 Å². The van der Waals surface area contributed by atoms with Crippen molar-refractivity contribution in [2.24, 2.45) is 23.7 Å². The minimum Gasteiger partial charge on any atom is -0.174 e. The molecule has 0 bridgehead atoms. The summed E-state index contributed by atoms with van der Waals surface area (Å²) in [4.78, 5) is 0. The summed E-state index contributed by atoms with van der Waals surface area (Å²) >= 11 is 0. The van der Waals surface area contributed by atoms with Crippen molar-refractivity contribution in [1.82, 2.24) is 0 Å². The van der Waals surface area contributed by atoms with Gasteiger partial charge in [-0.1, -0.05) is 71.1 Å². The fraction of sp³-hybridized carbons (Fsp3) is 0.913. The highest BCUT2D eigenvalue weighted by Crippen LogP contribution is 2.43. The molecule has 0 aliphatic heterocycles. The molecule has 0 unspecified atom stereocenters. The molecule has 2 aliphatic carbocycles. The van der Waals surface area contributed by atoms with E-state index in [1.54, 1.807) is 0 Å². The first-order valence-electron chi connectivity index (χ1n) is 11.2. The molecule has 0 amide bonds. The van der Waals surface area contributed by atoms with Crippen LogP contribution in [0.5, 0.6) is 0 Å². The zero-order chi connectivity index (χ0) is 17.9. The van der Waals surface area contributed by atoms with Crippen molar-refractivity contribution in [2.75, 3.05) is 0 Å². The van der Waals surface area contributed by atoms with E-state index in [1.807, 2.05) is 0 Å². The third-order valence-corrected chi connectivity index (χ3v) is 7.04. The Morgan fingerprint density at radius 1 is 0.720 bits per heavy atom. The van der Waals surface area contributed by atoms with E-state index in [1.165, 1.54) is 89.9 Å². The molecule has 2 heteroatoms. The van der Waals surface area contributed by atoms with Crippen LogP contribution in [-0.4, -0.2) is 0 Å². The van der Waals surface area contributed by atoms with Gasteiger partial charge in [0.15, 0.2) is 0 Å². The third-order valence-electron chi connectivity index (χ3n) is 7.04. The minimum atomic E-state index is -1.50. The molecular weight excluding hydrogens is 314 g/mol. The molecule has 0 N–H and O–H groups in total. The van der Waals surface area contributed by atoms with Crippen LogP contribution in [0.3, 0.4) is 0 Å². The number of unbranched alkanes of at least 4 members (excludes halogenated alkanes) is 4. The van der Waals surface area contributed by atoms with Gasteiger partial charge < -0.3 is 0 Å². The van der Waals surface area contributed by atoms with E-state index in [0.29, 0.717) is 12.3 Å². The van der Waals surface area contributed by atoms with Crippen LogP contribution in [0.4, 0.5) is 8.78 Å². The Labute approximate surface area is 154 Å². The molecule has 0 nitrogen and oxygen atoms in total. The zero-order valence-corrected chi connectivity index (χ0v) is 16.5. The quantitative estimate of drug-likeness (QED) is 0.345. The second kappa shape index (κ2) is 12.1. The van der Waals surface area contributed by atoms with Crippen molar-refractivity contribution in [3.63, 3.8) is 0 Å². The van der Waals surface area contributed by atoms with E-state index in [4.69, 9.17) is 0 Å². The fourth-order valence-electron chi connectivity index (χ4n) is 5.36. The number of halogens is 2. The van der Waals surface area contributed by atoms with Crippen molar-refractivity contribution >= 4 is 0 Å². The maximum Gasteiger partial charge on any atom is 0.266 e.